The van der Waals surface area contributed by atoms with Crippen LogP contribution in [0.2, 0.25) is 0 Å². The average Bonchev–Trinajstić information content (AvgIpc) is 2.65. The van der Waals surface area contributed by atoms with Crippen molar-refractivity contribution < 1.29 is 18.0 Å². The molecule has 0 bridgehead atoms. The maximum absolute atomic E-state index is 12.6. The predicted octanol–water partition coefficient (Wildman–Crippen LogP) is 4.74. The number of hydrazine groups is 1. The number of alkyl halides is 3. The second-order valence-corrected chi connectivity index (χ2v) is 6.13. The van der Waals surface area contributed by atoms with Gasteiger partial charge in [-0.05, 0) is 43.0 Å². The number of hydrogen-bond donors (Lipinski definition) is 2. The number of anilines is 1. The fraction of sp³-hybridized carbons (Fsp3) is 0.200. The summed E-state index contributed by atoms with van der Waals surface area (Å²) in [6, 6.07) is 11.8. The molecule has 1 aliphatic rings. The van der Waals surface area contributed by atoms with E-state index in [1.54, 1.807) is 6.20 Å². The molecule has 0 saturated heterocycles. The normalized spacial score (nSPS) is 18.0. The van der Waals surface area contributed by atoms with E-state index in [0.29, 0.717) is 12.0 Å². The van der Waals surface area contributed by atoms with Gasteiger partial charge >= 0.3 is 6.18 Å². The number of benzene rings is 1. The minimum absolute atomic E-state index is 0.0280. The number of nitrogens with one attached hydrogen (secondary N) is 2. The van der Waals surface area contributed by atoms with Crippen LogP contribution >= 0.6 is 0 Å². The summed E-state index contributed by atoms with van der Waals surface area (Å²) in [6.45, 7) is 0. The Balaban J connectivity index is 1.63. The molecule has 140 valence electrons. The highest BCUT2D eigenvalue weighted by Gasteiger charge is 2.30. The van der Waals surface area contributed by atoms with E-state index >= 15 is 0 Å². The van der Waals surface area contributed by atoms with Crippen molar-refractivity contribution >= 4 is 17.7 Å². The summed E-state index contributed by atoms with van der Waals surface area (Å²) in [5.41, 5.74) is 6.94. The summed E-state index contributed by atoms with van der Waals surface area (Å²) in [4.78, 5) is 16.3. The summed E-state index contributed by atoms with van der Waals surface area (Å²) in [6.07, 6.45) is 1.98. The highest BCUT2D eigenvalue weighted by molar-refractivity contribution is 6.11. The number of pyridine rings is 1. The maximum Gasteiger partial charge on any atom is 0.417 e. The lowest BCUT2D eigenvalue weighted by molar-refractivity contribution is -0.137. The monoisotopic (exact) mass is 373 g/mol. The first-order valence-corrected chi connectivity index (χ1v) is 8.47. The molecule has 1 aliphatic carbocycles. The first-order valence-electron chi connectivity index (χ1n) is 8.47. The van der Waals surface area contributed by atoms with Gasteiger partial charge in [-0.1, -0.05) is 30.3 Å². The molecule has 0 amide bonds. The maximum atomic E-state index is 12.6. The second kappa shape index (κ2) is 8.07. The Kier molecular flexibility index (Phi) is 5.59. The van der Waals surface area contributed by atoms with Gasteiger partial charge in [0.15, 0.2) is 5.78 Å². The lowest BCUT2D eigenvalue weighted by Gasteiger charge is -2.17. The molecule has 0 unspecified atom stereocenters. The Morgan fingerprint density at radius 3 is 2.41 bits per heavy atom. The van der Waals surface area contributed by atoms with Gasteiger partial charge in [-0.3, -0.25) is 10.2 Å². The van der Waals surface area contributed by atoms with E-state index in [1.807, 2.05) is 36.4 Å². The summed E-state index contributed by atoms with van der Waals surface area (Å²) >= 11 is 0. The topological polar surface area (TPSA) is 54.0 Å². The Hall–Kier alpha value is -3.09. The number of carbonyl (C=O) groups excluding carboxylic acids is 1. The predicted molar refractivity (Wildman–Crippen MR) is 97.4 cm³/mol. The zero-order valence-corrected chi connectivity index (χ0v) is 14.4. The van der Waals surface area contributed by atoms with Gasteiger partial charge < -0.3 is 5.43 Å². The van der Waals surface area contributed by atoms with Crippen LogP contribution in [0.25, 0.3) is 6.08 Å². The smallest absolute Gasteiger partial charge is 0.307 e. The molecule has 0 aliphatic heterocycles. The van der Waals surface area contributed by atoms with Crippen LogP contribution in [0, 0.1) is 0 Å². The Labute approximate surface area is 154 Å². The highest BCUT2D eigenvalue weighted by Crippen LogP contribution is 2.29. The lowest BCUT2D eigenvalue weighted by Crippen LogP contribution is -2.20. The quantitative estimate of drug-likeness (QED) is 0.601. The van der Waals surface area contributed by atoms with E-state index in [9.17, 15) is 18.0 Å². The van der Waals surface area contributed by atoms with Gasteiger partial charge in [-0.15, -0.1) is 0 Å². The van der Waals surface area contributed by atoms with Crippen LogP contribution < -0.4 is 10.9 Å². The average molecular weight is 373 g/mol. The fourth-order valence-electron chi connectivity index (χ4n) is 2.76. The summed E-state index contributed by atoms with van der Waals surface area (Å²) in [5.74, 6) is 0.197. The first-order chi connectivity index (χ1) is 12.9. The number of aromatic nitrogens is 1. The number of hydrogen-bond acceptors (Lipinski definition) is 4. The third-order valence-electron chi connectivity index (χ3n) is 4.15. The second-order valence-electron chi connectivity index (χ2n) is 6.13. The number of allylic oxidation sites excluding steroid dienone is 2. The third kappa shape index (κ3) is 4.97. The molecule has 2 aromatic rings. The van der Waals surface area contributed by atoms with Crippen LogP contribution in [0.1, 0.15) is 30.4 Å². The van der Waals surface area contributed by atoms with Gasteiger partial charge in [0.25, 0.3) is 0 Å². The van der Waals surface area contributed by atoms with Gasteiger partial charge in [0.1, 0.15) is 5.82 Å². The van der Waals surface area contributed by atoms with Crippen molar-refractivity contribution in [3.8, 4) is 0 Å². The van der Waals surface area contributed by atoms with E-state index < -0.39 is 11.7 Å². The van der Waals surface area contributed by atoms with Crippen molar-refractivity contribution in [2.45, 2.75) is 25.4 Å². The van der Waals surface area contributed by atoms with E-state index in [1.165, 1.54) is 6.07 Å². The zero-order valence-electron chi connectivity index (χ0n) is 14.4. The number of nitrogens with zero attached hydrogens (tertiary/aromatic N) is 1. The van der Waals surface area contributed by atoms with Crippen molar-refractivity contribution in [2.75, 3.05) is 5.43 Å². The highest BCUT2D eigenvalue weighted by atomic mass is 19.4. The van der Waals surface area contributed by atoms with Crippen LogP contribution in [0.5, 0.6) is 0 Å². The molecular weight excluding hydrogens is 355 g/mol. The van der Waals surface area contributed by atoms with Crippen LogP contribution in [0.4, 0.5) is 19.0 Å². The molecule has 1 aromatic carbocycles. The summed E-state index contributed by atoms with van der Waals surface area (Å²) in [7, 11) is 0. The molecule has 0 atom stereocenters. The van der Waals surface area contributed by atoms with E-state index in [2.05, 4.69) is 15.8 Å². The molecule has 7 heteroatoms. The molecule has 1 aromatic heterocycles. The molecule has 0 spiro atoms. The number of carbonyl (C=O) groups is 1. The van der Waals surface area contributed by atoms with Crippen molar-refractivity contribution in [3.63, 3.8) is 0 Å². The van der Waals surface area contributed by atoms with Crippen molar-refractivity contribution in [1.29, 1.82) is 0 Å². The molecule has 1 fully saturated rings. The largest absolute Gasteiger partial charge is 0.417 e. The lowest BCUT2D eigenvalue weighted by atomic mass is 9.88. The molecule has 2 N–H and O–H groups in total. The Morgan fingerprint density at radius 1 is 1.00 bits per heavy atom. The number of halogens is 3. The molecule has 3 rings (SSSR count). The van der Waals surface area contributed by atoms with E-state index in [-0.39, 0.29) is 11.6 Å². The first kappa shape index (κ1) is 18.7. The zero-order chi connectivity index (χ0) is 19.3. The van der Waals surface area contributed by atoms with Gasteiger partial charge in [-0.25, -0.2) is 4.98 Å². The Morgan fingerprint density at radius 2 is 1.74 bits per heavy atom. The Bertz CT molecular complexity index is 856. The van der Waals surface area contributed by atoms with Crippen LogP contribution in [-0.2, 0) is 11.0 Å². The number of ketones is 1. The number of rotatable bonds is 4. The number of Topliss-reactive ketones (excluding diaryl/α,β-unsaturated/α-hetero) is 1. The molecule has 1 heterocycles. The minimum Gasteiger partial charge on any atom is -0.307 e. The molecule has 0 radical (unpaired) electrons. The molecule has 27 heavy (non-hydrogen) atoms. The van der Waals surface area contributed by atoms with Crippen molar-refractivity contribution in [1.82, 2.24) is 10.4 Å². The summed E-state index contributed by atoms with van der Waals surface area (Å²) in [5, 5.41) is 0. The van der Waals surface area contributed by atoms with E-state index in [4.69, 9.17) is 0 Å². The standard InChI is InChI=1S/C20H18F3N3O/c21-20(22,23)17-9-10-18(24-13-17)26-25-12-16-8-4-7-15(19(16)27)11-14-5-2-1-3-6-14/h1-3,5-6,9-13,25H,4,7-8H2,(H,24,26)/b15-11+,16-12+. The fourth-order valence-corrected chi connectivity index (χ4v) is 2.76. The molecular formula is C20H18F3N3O. The molecule has 4 nitrogen and oxygen atoms in total. The van der Waals surface area contributed by atoms with Crippen LogP contribution in [-0.4, -0.2) is 10.8 Å². The minimum atomic E-state index is -4.42. The third-order valence-corrected chi connectivity index (χ3v) is 4.15. The molecule has 1 saturated carbocycles. The van der Waals surface area contributed by atoms with Crippen LogP contribution in [0.3, 0.4) is 0 Å². The van der Waals surface area contributed by atoms with Crippen molar-refractivity contribution in [2.24, 2.45) is 0 Å². The van der Waals surface area contributed by atoms with Gasteiger partial charge in [0.05, 0.1) is 5.56 Å². The van der Waals surface area contributed by atoms with E-state index in [0.717, 1.165) is 36.2 Å². The van der Waals surface area contributed by atoms with Gasteiger partial charge in [0, 0.05) is 23.5 Å². The van der Waals surface area contributed by atoms with Crippen molar-refractivity contribution in [3.05, 3.63) is 77.1 Å². The van der Waals surface area contributed by atoms with Gasteiger partial charge in [0.2, 0.25) is 0 Å². The van der Waals surface area contributed by atoms with Gasteiger partial charge in [-0.2, -0.15) is 13.2 Å². The van der Waals surface area contributed by atoms with Crippen LogP contribution in [0.15, 0.2) is 66.0 Å². The SMILES string of the molecule is O=C1/C(=C/NNc2ccc(C(F)(F)F)cn2)CCC/C1=C\c1ccccc1. The summed E-state index contributed by atoms with van der Waals surface area (Å²) < 4.78 is 37.6.